The van der Waals surface area contributed by atoms with E-state index in [0.29, 0.717) is 17.2 Å². The van der Waals surface area contributed by atoms with Crippen molar-refractivity contribution in [2.24, 2.45) is 4.99 Å². The van der Waals surface area contributed by atoms with Gasteiger partial charge in [-0.2, -0.15) is 4.99 Å². The van der Waals surface area contributed by atoms with Gasteiger partial charge in [-0.15, -0.1) is 0 Å². The van der Waals surface area contributed by atoms with Gasteiger partial charge in [0, 0.05) is 11.6 Å². The van der Waals surface area contributed by atoms with Gasteiger partial charge in [-0.3, -0.25) is 0 Å². The number of hydrogen-bond donors (Lipinski definition) is 0. The molecule has 19 heavy (non-hydrogen) atoms. The van der Waals surface area contributed by atoms with Crippen molar-refractivity contribution in [1.29, 1.82) is 0 Å². The number of aryl methyl sites for hydroxylation is 1. The Bertz CT molecular complexity index is 799. The zero-order valence-corrected chi connectivity index (χ0v) is 10.3. The highest BCUT2D eigenvalue weighted by molar-refractivity contribution is 5.79. The van der Waals surface area contributed by atoms with Crippen LogP contribution in [0, 0.1) is 6.92 Å². The Morgan fingerprint density at radius 2 is 2.11 bits per heavy atom. The van der Waals surface area contributed by atoms with E-state index in [2.05, 4.69) is 9.98 Å². The fraction of sp³-hybridized carbons (Fsp3) is 0.0667. The van der Waals surface area contributed by atoms with Crippen LogP contribution in [0.4, 0.5) is 5.69 Å². The lowest BCUT2D eigenvalue weighted by atomic mass is 10.1. The normalized spacial score (nSPS) is 10.4. The lowest BCUT2D eigenvalue weighted by Gasteiger charge is -1.95. The first-order valence-corrected chi connectivity index (χ1v) is 5.82. The smallest absolute Gasteiger partial charge is 0.240 e. The van der Waals surface area contributed by atoms with Crippen LogP contribution in [0.1, 0.15) is 5.56 Å². The average Bonchev–Trinajstić information content (AvgIpc) is 2.82. The van der Waals surface area contributed by atoms with Gasteiger partial charge < -0.3 is 4.42 Å². The highest BCUT2D eigenvalue weighted by Gasteiger charge is 2.08. The molecule has 0 bridgehead atoms. The molecule has 0 fully saturated rings. The highest BCUT2D eigenvalue weighted by atomic mass is 16.3. The first kappa shape index (κ1) is 11.4. The lowest BCUT2D eigenvalue weighted by molar-refractivity contribution is 0.565. The molecule has 4 nitrogen and oxygen atoms in total. The number of oxazole rings is 1. The second kappa shape index (κ2) is 4.52. The van der Waals surface area contributed by atoms with Gasteiger partial charge in [0.15, 0.2) is 5.58 Å². The number of isocyanates is 1. The number of aliphatic imine (C=N–C) groups is 1. The van der Waals surface area contributed by atoms with Crippen molar-refractivity contribution in [2.75, 3.05) is 0 Å². The molecule has 0 spiro atoms. The van der Waals surface area contributed by atoms with Gasteiger partial charge in [-0.1, -0.05) is 17.7 Å². The van der Waals surface area contributed by atoms with Crippen LogP contribution in [-0.2, 0) is 4.79 Å². The summed E-state index contributed by atoms with van der Waals surface area (Å²) in [6.07, 6.45) is 1.51. The minimum atomic E-state index is 0.509. The minimum absolute atomic E-state index is 0.509. The molecule has 1 aromatic heterocycles. The summed E-state index contributed by atoms with van der Waals surface area (Å²) in [7, 11) is 0. The van der Waals surface area contributed by atoms with E-state index in [-0.39, 0.29) is 0 Å². The molecule has 0 amide bonds. The van der Waals surface area contributed by atoms with Crippen LogP contribution in [0.15, 0.2) is 51.9 Å². The standard InChI is InChI=1S/C15H10N2O2/c1-10-3-2-4-11(7-10)15-17-13-6-5-12(16-9-18)8-14(13)19-15/h2-8H,1H3. The molecule has 0 aliphatic carbocycles. The fourth-order valence-electron chi connectivity index (χ4n) is 1.94. The molecule has 0 saturated carbocycles. The summed E-state index contributed by atoms with van der Waals surface area (Å²) in [5, 5.41) is 0. The van der Waals surface area contributed by atoms with E-state index in [4.69, 9.17) is 4.42 Å². The monoisotopic (exact) mass is 250 g/mol. The van der Waals surface area contributed by atoms with E-state index in [9.17, 15) is 4.79 Å². The summed E-state index contributed by atoms with van der Waals surface area (Å²) in [6, 6.07) is 13.1. The molecule has 92 valence electrons. The van der Waals surface area contributed by atoms with Crippen LogP contribution in [-0.4, -0.2) is 11.1 Å². The second-order valence-corrected chi connectivity index (χ2v) is 4.24. The predicted molar refractivity (Wildman–Crippen MR) is 72.0 cm³/mol. The quantitative estimate of drug-likeness (QED) is 0.514. The summed E-state index contributed by atoms with van der Waals surface area (Å²) in [6.45, 7) is 2.02. The summed E-state index contributed by atoms with van der Waals surface area (Å²) in [4.78, 5) is 18.2. The molecule has 0 radical (unpaired) electrons. The lowest BCUT2D eigenvalue weighted by Crippen LogP contribution is -1.78. The molecule has 2 aromatic carbocycles. The van der Waals surface area contributed by atoms with E-state index < -0.39 is 0 Å². The number of fused-ring (bicyclic) bond motifs is 1. The van der Waals surface area contributed by atoms with Crippen LogP contribution in [0.3, 0.4) is 0 Å². The zero-order valence-electron chi connectivity index (χ0n) is 10.3. The molecular formula is C15H10N2O2. The summed E-state index contributed by atoms with van der Waals surface area (Å²) < 4.78 is 5.70. The first-order chi connectivity index (χ1) is 9.26. The number of rotatable bonds is 2. The van der Waals surface area contributed by atoms with Gasteiger partial charge in [-0.05, 0) is 31.2 Å². The minimum Gasteiger partial charge on any atom is -0.436 e. The van der Waals surface area contributed by atoms with E-state index in [0.717, 1.165) is 16.6 Å². The third-order valence-corrected chi connectivity index (χ3v) is 2.81. The third kappa shape index (κ3) is 2.17. The van der Waals surface area contributed by atoms with E-state index in [1.165, 1.54) is 6.08 Å². The summed E-state index contributed by atoms with van der Waals surface area (Å²) >= 11 is 0. The van der Waals surface area contributed by atoms with Crippen molar-refractivity contribution in [3.8, 4) is 11.5 Å². The molecule has 0 aliphatic rings. The maximum Gasteiger partial charge on any atom is 0.240 e. The van der Waals surface area contributed by atoms with Gasteiger partial charge in [0.1, 0.15) is 5.52 Å². The Morgan fingerprint density at radius 3 is 2.89 bits per heavy atom. The SMILES string of the molecule is Cc1cccc(-c2nc3ccc(N=C=O)cc3o2)c1. The molecule has 0 N–H and O–H groups in total. The van der Waals surface area contributed by atoms with Crippen LogP contribution in [0.2, 0.25) is 0 Å². The Kier molecular flexibility index (Phi) is 2.71. The maximum atomic E-state index is 10.2. The van der Waals surface area contributed by atoms with Gasteiger partial charge in [0.05, 0.1) is 5.69 Å². The Balaban J connectivity index is 2.13. The third-order valence-electron chi connectivity index (χ3n) is 2.81. The number of hydrogen-bond acceptors (Lipinski definition) is 4. The van der Waals surface area contributed by atoms with Gasteiger partial charge in [0.25, 0.3) is 0 Å². The van der Waals surface area contributed by atoms with E-state index >= 15 is 0 Å². The van der Waals surface area contributed by atoms with Crippen molar-refractivity contribution in [3.05, 3.63) is 48.0 Å². The molecule has 0 atom stereocenters. The maximum absolute atomic E-state index is 10.2. The Morgan fingerprint density at radius 1 is 1.21 bits per heavy atom. The molecule has 1 heterocycles. The summed E-state index contributed by atoms with van der Waals surface area (Å²) in [5.41, 5.74) is 3.92. The predicted octanol–water partition coefficient (Wildman–Crippen LogP) is 3.77. The van der Waals surface area contributed by atoms with Crippen molar-refractivity contribution >= 4 is 22.9 Å². The number of carbonyl (C=O) groups excluding carboxylic acids is 1. The van der Waals surface area contributed by atoms with Crippen molar-refractivity contribution in [3.63, 3.8) is 0 Å². The van der Waals surface area contributed by atoms with E-state index in [1.54, 1.807) is 18.2 Å². The molecule has 3 rings (SSSR count). The van der Waals surface area contributed by atoms with Gasteiger partial charge in [0.2, 0.25) is 12.0 Å². The van der Waals surface area contributed by atoms with E-state index in [1.807, 2.05) is 31.2 Å². The average molecular weight is 250 g/mol. The number of nitrogens with zero attached hydrogens (tertiary/aromatic N) is 2. The molecular weight excluding hydrogens is 240 g/mol. The Hall–Kier alpha value is -2.71. The van der Waals surface area contributed by atoms with Gasteiger partial charge in [-0.25, -0.2) is 9.78 Å². The topological polar surface area (TPSA) is 55.5 Å². The zero-order chi connectivity index (χ0) is 13.2. The summed E-state index contributed by atoms with van der Waals surface area (Å²) in [5.74, 6) is 0.561. The van der Waals surface area contributed by atoms with Crippen molar-refractivity contribution in [1.82, 2.24) is 4.98 Å². The van der Waals surface area contributed by atoms with Crippen LogP contribution < -0.4 is 0 Å². The Labute approximate surface area is 109 Å². The van der Waals surface area contributed by atoms with Gasteiger partial charge >= 0.3 is 0 Å². The molecule has 0 aliphatic heterocycles. The second-order valence-electron chi connectivity index (χ2n) is 4.24. The molecule has 3 aromatic rings. The van der Waals surface area contributed by atoms with Crippen molar-refractivity contribution < 1.29 is 9.21 Å². The highest BCUT2D eigenvalue weighted by Crippen LogP contribution is 2.27. The van der Waals surface area contributed by atoms with Crippen molar-refractivity contribution in [2.45, 2.75) is 6.92 Å². The molecule has 0 saturated heterocycles. The first-order valence-electron chi connectivity index (χ1n) is 5.82. The van der Waals surface area contributed by atoms with Crippen LogP contribution in [0.25, 0.3) is 22.6 Å². The molecule has 0 unspecified atom stereocenters. The number of aromatic nitrogens is 1. The molecule has 4 heteroatoms. The van der Waals surface area contributed by atoms with Crippen LogP contribution >= 0.6 is 0 Å². The largest absolute Gasteiger partial charge is 0.436 e. The van der Waals surface area contributed by atoms with Crippen LogP contribution in [0.5, 0.6) is 0 Å². The fourth-order valence-corrected chi connectivity index (χ4v) is 1.94. The number of benzene rings is 2.